The van der Waals surface area contributed by atoms with Gasteiger partial charge >= 0.3 is 0 Å². The smallest absolute Gasteiger partial charge is 0.261 e. The predicted molar refractivity (Wildman–Crippen MR) is 143 cm³/mol. The number of hydrogen-bond acceptors (Lipinski definition) is 10. The van der Waals surface area contributed by atoms with Gasteiger partial charge in [-0.25, -0.2) is 8.42 Å². The van der Waals surface area contributed by atoms with Gasteiger partial charge in [-0.3, -0.25) is 24.6 Å². The van der Waals surface area contributed by atoms with Crippen molar-refractivity contribution in [1.29, 1.82) is 5.41 Å². The van der Waals surface area contributed by atoms with Gasteiger partial charge < -0.3 is 15.4 Å². The molecule has 214 valence electrons. The number of carbonyl (C=O) groups is 1. The Morgan fingerprint density at radius 1 is 0.947 bits per heavy atom. The molecule has 0 heterocycles. The summed E-state index contributed by atoms with van der Waals surface area (Å²) in [4.78, 5) is 13.9. The van der Waals surface area contributed by atoms with E-state index in [1.165, 1.54) is 18.2 Å². The molecule has 0 radical (unpaired) electrons. The molecule has 0 saturated heterocycles. The van der Waals surface area contributed by atoms with E-state index >= 15 is 0 Å². The number of ether oxygens (including phenoxy) is 1. The van der Waals surface area contributed by atoms with Crippen LogP contribution in [0.1, 0.15) is 15.9 Å². The molecule has 2 aromatic rings. The van der Waals surface area contributed by atoms with Crippen LogP contribution in [-0.4, -0.2) is 90.5 Å². The Morgan fingerprint density at radius 2 is 1.42 bits per heavy atom. The molecule has 0 aromatic heterocycles. The summed E-state index contributed by atoms with van der Waals surface area (Å²) < 4.78 is 81.8. The van der Waals surface area contributed by atoms with Gasteiger partial charge in [0.1, 0.15) is 16.4 Å². The fourth-order valence-corrected chi connectivity index (χ4v) is 3.24. The summed E-state index contributed by atoms with van der Waals surface area (Å²) in [6.07, 6.45) is 3.36. The van der Waals surface area contributed by atoms with Crippen LogP contribution < -0.4 is 15.8 Å². The van der Waals surface area contributed by atoms with Crippen LogP contribution in [0.4, 0.5) is 0 Å². The number of nitrogens with zero attached hydrogens (tertiary/aromatic N) is 1. The van der Waals surface area contributed by atoms with E-state index in [1.807, 2.05) is 26.2 Å². The molecule has 2 rings (SSSR count). The summed E-state index contributed by atoms with van der Waals surface area (Å²) in [5, 5.41) is 9.23. The molecule has 17 heteroatoms. The van der Waals surface area contributed by atoms with Gasteiger partial charge in [-0.2, -0.15) is 16.8 Å². The Balaban J connectivity index is 0.00000116. The van der Waals surface area contributed by atoms with E-state index in [0.29, 0.717) is 18.3 Å². The van der Waals surface area contributed by atoms with E-state index in [0.717, 1.165) is 24.8 Å². The Kier molecular flexibility index (Phi) is 13.5. The molecule has 6 N–H and O–H groups in total. The van der Waals surface area contributed by atoms with Gasteiger partial charge in [0.2, 0.25) is 0 Å². The van der Waals surface area contributed by atoms with Gasteiger partial charge in [0.05, 0.1) is 12.5 Å². The largest absolute Gasteiger partial charge is 0.456 e. The van der Waals surface area contributed by atoms with Gasteiger partial charge in [-0.1, -0.05) is 12.1 Å². The number of likely N-dealkylation sites (N-methyl/N-ethyl adjacent to an activating group) is 1. The third-order valence-corrected chi connectivity index (χ3v) is 4.97. The normalized spacial score (nSPS) is 11.4. The summed E-state index contributed by atoms with van der Waals surface area (Å²) in [5.41, 5.74) is 6.34. The van der Waals surface area contributed by atoms with Gasteiger partial charge in [-0.05, 0) is 56.4 Å². The maximum absolute atomic E-state index is 12.2. The first kappa shape index (κ1) is 34.9. The lowest BCUT2D eigenvalue weighted by molar-refractivity contribution is 0.0976. The van der Waals surface area contributed by atoms with Crippen molar-refractivity contribution in [2.75, 3.05) is 39.4 Å². The summed E-state index contributed by atoms with van der Waals surface area (Å²) >= 11 is 0. The molecule has 0 aliphatic rings. The third kappa shape index (κ3) is 18.2. The monoisotopic (exact) mass is 596 g/mol. The molecule has 0 aliphatic heterocycles. The fourth-order valence-electron chi connectivity index (χ4n) is 2.42. The summed E-state index contributed by atoms with van der Waals surface area (Å²) in [5.74, 6) is -0.600. The van der Waals surface area contributed by atoms with Crippen molar-refractivity contribution in [3.63, 3.8) is 0 Å². The second-order valence-corrected chi connectivity index (χ2v) is 13.0. The third-order valence-electron chi connectivity index (χ3n) is 3.85. The zero-order valence-corrected chi connectivity index (χ0v) is 23.8. The standard InChI is InChI=1S/C19H24N4O4S.2CH4O3S/c1-23(2)11-10-13-4-7-15(8-5-13)27-16-9-6-14(18(24)22-19(20)21)12-17(16)28(3,25)26;2*1-5(2,3)4/h4-9,12H,10-11H2,1-3H3,(H4,20,21,22,24);2*1H3,(H,2,3,4). The summed E-state index contributed by atoms with van der Waals surface area (Å²) in [7, 11) is -6.98. The number of hydrogen-bond donors (Lipinski definition) is 5. The Bertz CT molecular complexity index is 1380. The number of nitrogens with one attached hydrogen (secondary N) is 2. The van der Waals surface area contributed by atoms with Gasteiger partial charge in [0.15, 0.2) is 15.8 Å². The molecule has 0 bridgehead atoms. The lowest BCUT2D eigenvalue weighted by Gasteiger charge is -2.13. The quantitative estimate of drug-likeness (QED) is 0.168. The van der Waals surface area contributed by atoms with Gasteiger partial charge in [-0.15, -0.1) is 0 Å². The van der Waals surface area contributed by atoms with E-state index < -0.39 is 41.9 Å². The average Bonchev–Trinajstić information content (AvgIpc) is 2.69. The van der Waals surface area contributed by atoms with Crippen molar-refractivity contribution < 1.29 is 43.9 Å². The molecule has 0 atom stereocenters. The predicted octanol–water partition coefficient (Wildman–Crippen LogP) is 0.618. The summed E-state index contributed by atoms with van der Waals surface area (Å²) in [6.45, 7) is 0.919. The molecule has 2 aromatic carbocycles. The lowest BCUT2D eigenvalue weighted by atomic mass is 10.1. The highest BCUT2D eigenvalue weighted by Crippen LogP contribution is 2.30. The van der Waals surface area contributed by atoms with Crippen LogP contribution in [0.3, 0.4) is 0 Å². The molecular formula is C21H32N4O10S3. The highest BCUT2D eigenvalue weighted by Gasteiger charge is 2.19. The minimum Gasteiger partial charge on any atom is -0.456 e. The topological polar surface area (TPSA) is 234 Å². The Hall–Kier alpha value is -3.09. The van der Waals surface area contributed by atoms with Gasteiger partial charge in [0.25, 0.3) is 26.1 Å². The van der Waals surface area contributed by atoms with E-state index in [2.05, 4.69) is 10.2 Å². The molecule has 0 saturated carbocycles. The SMILES string of the molecule is CN(C)CCc1ccc(Oc2ccc(C(=O)NC(=N)N)cc2S(C)(=O)=O)cc1.CS(=O)(=O)O.CS(=O)(=O)O. The zero-order chi connectivity index (χ0) is 29.9. The van der Waals surface area contributed by atoms with Crippen molar-refractivity contribution in [2.24, 2.45) is 5.73 Å². The number of benzene rings is 2. The number of sulfone groups is 1. The van der Waals surface area contributed by atoms with Crippen molar-refractivity contribution in [2.45, 2.75) is 11.3 Å². The van der Waals surface area contributed by atoms with Crippen LogP contribution in [0.25, 0.3) is 0 Å². The van der Waals surface area contributed by atoms with E-state index in [9.17, 15) is 30.0 Å². The van der Waals surface area contributed by atoms with Crippen LogP contribution in [0.5, 0.6) is 11.5 Å². The van der Waals surface area contributed by atoms with E-state index in [1.54, 1.807) is 12.1 Å². The van der Waals surface area contributed by atoms with E-state index in [-0.39, 0.29) is 16.2 Å². The molecule has 14 nitrogen and oxygen atoms in total. The maximum atomic E-state index is 12.2. The number of amides is 1. The van der Waals surface area contributed by atoms with Crippen LogP contribution in [-0.2, 0) is 36.5 Å². The molecule has 0 spiro atoms. The lowest BCUT2D eigenvalue weighted by Crippen LogP contribution is -2.35. The fraction of sp³-hybridized carbons (Fsp3) is 0.333. The average molecular weight is 597 g/mol. The van der Waals surface area contributed by atoms with Crippen molar-refractivity contribution in [3.05, 3.63) is 53.6 Å². The van der Waals surface area contributed by atoms with Crippen LogP contribution in [0.2, 0.25) is 0 Å². The number of guanidine groups is 1. The summed E-state index contributed by atoms with van der Waals surface area (Å²) in [6, 6.07) is 11.4. The highest BCUT2D eigenvalue weighted by molar-refractivity contribution is 7.90. The van der Waals surface area contributed by atoms with Crippen molar-refractivity contribution >= 4 is 41.9 Å². The molecule has 0 unspecified atom stereocenters. The molecule has 38 heavy (non-hydrogen) atoms. The number of nitrogens with two attached hydrogens (primary N) is 1. The number of rotatable bonds is 7. The molecule has 0 aliphatic carbocycles. The van der Waals surface area contributed by atoms with Crippen LogP contribution in [0, 0.1) is 5.41 Å². The minimum absolute atomic E-state index is 0.0574. The van der Waals surface area contributed by atoms with E-state index in [4.69, 9.17) is 25.0 Å². The Labute approximate surface area is 222 Å². The first-order valence-electron chi connectivity index (χ1n) is 10.3. The first-order valence-corrected chi connectivity index (χ1v) is 15.9. The van der Waals surface area contributed by atoms with Crippen LogP contribution in [0.15, 0.2) is 47.4 Å². The van der Waals surface area contributed by atoms with Crippen molar-refractivity contribution in [1.82, 2.24) is 10.2 Å². The minimum atomic E-state index is -3.67. The maximum Gasteiger partial charge on any atom is 0.261 e. The molecular weight excluding hydrogens is 564 g/mol. The first-order chi connectivity index (χ1) is 17.1. The second kappa shape index (κ2) is 14.7. The second-order valence-electron chi connectivity index (χ2n) is 8.07. The van der Waals surface area contributed by atoms with Gasteiger partial charge in [0, 0.05) is 18.4 Å². The Morgan fingerprint density at radius 3 is 1.82 bits per heavy atom. The number of carbonyl (C=O) groups excluding carboxylic acids is 1. The molecule has 1 amide bonds. The zero-order valence-electron chi connectivity index (χ0n) is 21.4. The molecule has 0 fully saturated rings. The van der Waals surface area contributed by atoms with Crippen LogP contribution >= 0.6 is 0 Å². The highest BCUT2D eigenvalue weighted by atomic mass is 32.2. The van der Waals surface area contributed by atoms with Crippen molar-refractivity contribution in [3.8, 4) is 11.5 Å².